The zero-order valence-electron chi connectivity index (χ0n) is 19.3. The van der Waals surface area contributed by atoms with E-state index in [1.54, 1.807) is 11.3 Å². The Balaban J connectivity index is 1.55. The van der Waals surface area contributed by atoms with E-state index in [1.165, 1.54) is 32.0 Å². The molecule has 3 heteroatoms. The summed E-state index contributed by atoms with van der Waals surface area (Å²) >= 11 is 1.78. The molecule has 6 rings (SSSR count). The lowest BCUT2D eigenvalue weighted by Crippen LogP contribution is -2.12. The summed E-state index contributed by atoms with van der Waals surface area (Å²) in [5.41, 5.74) is 6.58. The van der Waals surface area contributed by atoms with Gasteiger partial charge < -0.3 is 4.42 Å². The van der Waals surface area contributed by atoms with Crippen molar-refractivity contribution in [2.75, 3.05) is 0 Å². The molecule has 0 radical (unpaired) electrons. The number of furan rings is 1. The number of pyridine rings is 1. The van der Waals surface area contributed by atoms with Crippen LogP contribution in [0.3, 0.4) is 0 Å². The van der Waals surface area contributed by atoms with Gasteiger partial charge in [0.05, 0.1) is 0 Å². The molecule has 0 aliphatic carbocycles. The van der Waals surface area contributed by atoms with Crippen LogP contribution in [0.15, 0.2) is 82.7 Å². The molecule has 0 aliphatic rings. The standard InChI is InChI=1S/C30H25NOS/c1-18-17-33-27-16-20(9-10-23(18)27)26-15-21-11-12-31-28(29(21)32-26)22-13-19-7-5-6-8-24(19)25(14-22)30(2,3)4/h5-17H,1-4H3. The fraction of sp³-hybridized carbons (Fsp3) is 0.167. The fourth-order valence-corrected chi connectivity index (χ4v) is 5.68. The Morgan fingerprint density at radius 1 is 0.818 bits per heavy atom. The molecular weight excluding hydrogens is 422 g/mol. The predicted molar refractivity (Wildman–Crippen MR) is 141 cm³/mol. The van der Waals surface area contributed by atoms with Crippen molar-refractivity contribution in [3.8, 4) is 22.6 Å². The Morgan fingerprint density at radius 2 is 1.67 bits per heavy atom. The molecule has 0 saturated heterocycles. The largest absolute Gasteiger partial charge is 0.454 e. The van der Waals surface area contributed by atoms with Crippen molar-refractivity contribution in [1.29, 1.82) is 0 Å². The van der Waals surface area contributed by atoms with Crippen LogP contribution in [0, 0.1) is 6.92 Å². The summed E-state index contributed by atoms with van der Waals surface area (Å²) in [4.78, 5) is 4.78. The fourth-order valence-electron chi connectivity index (χ4n) is 4.69. The molecule has 6 aromatic rings. The third-order valence-corrected chi connectivity index (χ3v) is 7.49. The summed E-state index contributed by atoms with van der Waals surface area (Å²) in [5.74, 6) is 0.879. The zero-order valence-corrected chi connectivity index (χ0v) is 20.1. The van der Waals surface area contributed by atoms with E-state index >= 15 is 0 Å². The number of fused-ring (bicyclic) bond motifs is 3. The van der Waals surface area contributed by atoms with Gasteiger partial charge in [0.1, 0.15) is 11.5 Å². The first-order valence-electron chi connectivity index (χ1n) is 11.3. The van der Waals surface area contributed by atoms with Gasteiger partial charge in [-0.15, -0.1) is 11.3 Å². The Hall–Kier alpha value is -3.43. The lowest BCUT2D eigenvalue weighted by molar-refractivity contribution is 0.596. The predicted octanol–water partition coefficient (Wildman–Crippen LogP) is 9.14. The molecule has 3 heterocycles. The third-order valence-electron chi connectivity index (χ3n) is 6.43. The minimum Gasteiger partial charge on any atom is -0.454 e. The van der Waals surface area contributed by atoms with Crippen LogP contribution in [-0.2, 0) is 5.41 Å². The third kappa shape index (κ3) is 3.35. The molecule has 2 nitrogen and oxygen atoms in total. The molecule has 0 saturated carbocycles. The van der Waals surface area contributed by atoms with Crippen LogP contribution in [0.4, 0.5) is 0 Å². The highest BCUT2D eigenvalue weighted by atomic mass is 32.1. The number of rotatable bonds is 2. The molecule has 0 bridgehead atoms. The Kier molecular flexibility index (Phi) is 4.46. The van der Waals surface area contributed by atoms with Crippen LogP contribution in [-0.4, -0.2) is 4.98 Å². The van der Waals surface area contributed by atoms with Gasteiger partial charge >= 0.3 is 0 Å². The van der Waals surface area contributed by atoms with Crippen molar-refractivity contribution in [2.45, 2.75) is 33.1 Å². The van der Waals surface area contributed by atoms with Gasteiger partial charge in [0.15, 0.2) is 5.58 Å². The van der Waals surface area contributed by atoms with Crippen LogP contribution >= 0.6 is 11.3 Å². The number of nitrogens with zero attached hydrogens (tertiary/aromatic N) is 1. The minimum atomic E-state index is 0.0199. The second-order valence-electron chi connectivity index (χ2n) is 9.81. The summed E-state index contributed by atoms with van der Waals surface area (Å²) in [6, 6.07) is 23.9. The normalized spacial score (nSPS) is 12.2. The van der Waals surface area contributed by atoms with Gasteiger partial charge in [0.25, 0.3) is 0 Å². The topological polar surface area (TPSA) is 26.0 Å². The van der Waals surface area contributed by atoms with Gasteiger partial charge in [0.2, 0.25) is 0 Å². The van der Waals surface area contributed by atoms with Crippen LogP contribution in [0.25, 0.3) is 54.4 Å². The highest BCUT2D eigenvalue weighted by Crippen LogP contribution is 2.39. The van der Waals surface area contributed by atoms with Gasteiger partial charge in [-0.3, -0.25) is 4.98 Å². The average molecular weight is 448 g/mol. The highest BCUT2D eigenvalue weighted by molar-refractivity contribution is 7.17. The van der Waals surface area contributed by atoms with Gasteiger partial charge in [-0.05, 0) is 75.3 Å². The Morgan fingerprint density at radius 3 is 2.52 bits per heavy atom. The monoisotopic (exact) mass is 447 g/mol. The SMILES string of the molecule is Cc1csc2cc(-c3cc4ccnc(-c5cc(C(C)(C)C)c6ccccc6c5)c4o3)ccc12. The maximum atomic E-state index is 6.48. The number of thiophene rings is 1. The van der Waals surface area contributed by atoms with Crippen molar-refractivity contribution in [3.05, 3.63) is 89.4 Å². The zero-order chi connectivity index (χ0) is 22.7. The van der Waals surface area contributed by atoms with E-state index in [0.29, 0.717) is 0 Å². The second-order valence-corrected chi connectivity index (χ2v) is 10.7. The van der Waals surface area contributed by atoms with Crippen LogP contribution in [0.5, 0.6) is 0 Å². The summed E-state index contributed by atoms with van der Waals surface area (Å²) in [6.07, 6.45) is 1.88. The smallest absolute Gasteiger partial charge is 0.161 e. The van der Waals surface area contributed by atoms with Crippen molar-refractivity contribution in [1.82, 2.24) is 4.98 Å². The first-order valence-corrected chi connectivity index (χ1v) is 12.2. The molecule has 0 unspecified atom stereocenters. The molecule has 0 atom stereocenters. The number of hydrogen-bond acceptors (Lipinski definition) is 3. The van der Waals surface area contributed by atoms with E-state index in [9.17, 15) is 0 Å². The molecule has 0 fully saturated rings. The lowest BCUT2D eigenvalue weighted by atomic mass is 9.82. The van der Waals surface area contributed by atoms with Crippen molar-refractivity contribution in [3.63, 3.8) is 0 Å². The van der Waals surface area contributed by atoms with Gasteiger partial charge in [-0.25, -0.2) is 0 Å². The van der Waals surface area contributed by atoms with E-state index in [4.69, 9.17) is 9.40 Å². The van der Waals surface area contributed by atoms with E-state index in [-0.39, 0.29) is 5.41 Å². The van der Waals surface area contributed by atoms with Crippen LogP contribution < -0.4 is 0 Å². The van der Waals surface area contributed by atoms with Gasteiger partial charge in [0, 0.05) is 27.4 Å². The highest BCUT2D eigenvalue weighted by Gasteiger charge is 2.20. The van der Waals surface area contributed by atoms with Crippen LogP contribution in [0.2, 0.25) is 0 Å². The minimum absolute atomic E-state index is 0.0199. The first-order chi connectivity index (χ1) is 15.9. The van der Waals surface area contributed by atoms with E-state index in [2.05, 4.69) is 93.7 Å². The maximum absolute atomic E-state index is 6.48. The van der Waals surface area contributed by atoms with Crippen molar-refractivity contribution in [2.24, 2.45) is 0 Å². The first kappa shape index (κ1) is 20.2. The summed E-state index contributed by atoms with van der Waals surface area (Å²) in [5, 5.41) is 7.11. The summed E-state index contributed by atoms with van der Waals surface area (Å²) < 4.78 is 7.76. The van der Waals surface area contributed by atoms with Crippen molar-refractivity contribution >= 4 is 43.2 Å². The van der Waals surface area contributed by atoms with E-state index < -0.39 is 0 Å². The molecule has 0 amide bonds. The molecule has 33 heavy (non-hydrogen) atoms. The quantitative estimate of drug-likeness (QED) is 0.264. The van der Waals surface area contributed by atoms with Gasteiger partial charge in [-0.1, -0.05) is 57.2 Å². The molecule has 3 aromatic carbocycles. The molecule has 0 aliphatic heterocycles. The Labute approximate surface area is 197 Å². The Bertz CT molecular complexity index is 1660. The average Bonchev–Trinajstić information content (AvgIpc) is 3.41. The number of benzene rings is 3. The number of hydrogen-bond donors (Lipinski definition) is 0. The van der Waals surface area contributed by atoms with E-state index in [1.807, 2.05) is 12.3 Å². The van der Waals surface area contributed by atoms with E-state index in [0.717, 1.165) is 33.6 Å². The maximum Gasteiger partial charge on any atom is 0.161 e. The molecular formula is C30H25NOS. The molecule has 3 aromatic heterocycles. The molecule has 0 N–H and O–H groups in total. The number of aryl methyl sites for hydroxylation is 1. The number of aromatic nitrogens is 1. The summed E-state index contributed by atoms with van der Waals surface area (Å²) in [7, 11) is 0. The molecule has 162 valence electrons. The van der Waals surface area contributed by atoms with Crippen LogP contribution in [0.1, 0.15) is 31.9 Å². The second kappa shape index (κ2) is 7.29. The van der Waals surface area contributed by atoms with Crippen molar-refractivity contribution < 1.29 is 4.42 Å². The summed E-state index contributed by atoms with van der Waals surface area (Å²) in [6.45, 7) is 8.95. The van der Waals surface area contributed by atoms with Gasteiger partial charge in [-0.2, -0.15) is 0 Å². The lowest BCUT2D eigenvalue weighted by Gasteiger charge is -2.22. The molecule has 0 spiro atoms.